The molecule has 112 valence electrons. The molecule has 0 fully saturated rings. The average Bonchev–Trinajstić information content (AvgIpc) is 2.50. The molecule has 5 nitrogen and oxygen atoms in total. The molecule has 0 saturated heterocycles. The summed E-state index contributed by atoms with van der Waals surface area (Å²) in [6.07, 6.45) is 2.89. The van der Waals surface area contributed by atoms with Crippen LogP contribution in [0.5, 0.6) is 5.75 Å². The number of aromatic hydroxyl groups is 1. The van der Waals surface area contributed by atoms with E-state index >= 15 is 0 Å². The first-order valence-electron chi connectivity index (χ1n) is 6.40. The lowest BCUT2D eigenvalue weighted by Gasteiger charge is -2.31. The van der Waals surface area contributed by atoms with Crippen molar-refractivity contribution in [1.29, 1.82) is 5.41 Å². The lowest BCUT2D eigenvalue weighted by atomic mass is 10.0. The maximum atomic E-state index is 12.7. The van der Waals surface area contributed by atoms with Gasteiger partial charge in [-0.25, -0.2) is 0 Å². The van der Waals surface area contributed by atoms with Crippen LogP contribution < -0.4 is 5.32 Å². The molecule has 0 saturated carbocycles. The highest BCUT2D eigenvalue weighted by Crippen LogP contribution is 2.34. The topological polar surface area (TPSA) is 76.4 Å². The SMILES string of the molecule is CNC1=C(C=N)CCCN1C(=O)c1cc(Br)c(O)c(Br)c1. The number of hydrogen-bond donors (Lipinski definition) is 3. The number of phenolic OH excluding ortho intramolecular Hbond substituents is 1. The molecule has 0 radical (unpaired) electrons. The number of rotatable bonds is 3. The van der Waals surface area contributed by atoms with Gasteiger partial charge in [-0.3, -0.25) is 9.69 Å². The zero-order valence-electron chi connectivity index (χ0n) is 11.4. The van der Waals surface area contributed by atoms with Crippen molar-refractivity contribution in [2.24, 2.45) is 0 Å². The second kappa shape index (κ2) is 6.62. The van der Waals surface area contributed by atoms with Crippen LogP contribution in [-0.2, 0) is 0 Å². The van der Waals surface area contributed by atoms with E-state index in [0.29, 0.717) is 26.9 Å². The second-order valence-electron chi connectivity index (χ2n) is 4.62. The van der Waals surface area contributed by atoms with Crippen molar-refractivity contribution in [2.45, 2.75) is 12.8 Å². The van der Waals surface area contributed by atoms with Crippen molar-refractivity contribution >= 4 is 44.0 Å². The van der Waals surface area contributed by atoms with E-state index in [4.69, 9.17) is 5.41 Å². The normalized spacial score (nSPS) is 15.1. The van der Waals surface area contributed by atoms with Crippen molar-refractivity contribution in [3.63, 3.8) is 0 Å². The van der Waals surface area contributed by atoms with Gasteiger partial charge in [0.25, 0.3) is 5.91 Å². The Balaban J connectivity index is 2.42. The molecule has 0 unspecified atom stereocenters. The fraction of sp³-hybridized carbons (Fsp3) is 0.286. The van der Waals surface area contributed by atoms with Crippen molar-refractivity contribution in [1.82, 2.24) is 10.2 Å². The van der Waals surface area contributed by atoms with Crippen LogP contribution in [0.1, 0.15) is 23.2 Å². The largest absolute Gasteiger partial charge is 0.506 e. The van der Waals surface area contributed by atoms with Crippen LogP contribution in [0, 0.1) is 5.41 Å². The number of carbonyl (C=O) groups is 1. The number of nitrogens with one attached hydrogen (secondary N) is 2. The highest BCUT2D eigenvalue weighted by molar-refractivity contribution is 9.11. The molecule has 2 rings (SSSR count). The standard InChI is InChI=1S/C14H15Br2N3O2/c1-18-13-8(7-17)3-2-4-19(13)14(21)9-5-10(15)12(20)11(16)6-9/h5-7,17-18,20H,2-4H2,1H3. The van der Waals surface area contributed by atoms with Crippen molar-refractivity contribution in [3.8, 4) is 5.75 Å². The molecule has 0 bridgehead atoms. The van der Waals surface area contributed by atoms with E-state index in [0.717, 1.165) is 18.4 Å². The molecule has 1 aromatic carbocycles. The average molecular weight is 417 g/mol. The van der Waals surface area contributed by atoms with E-state index in [-0.39, 0.29) is 11.7 Å². The van der Waals surface area contributed by atoms with E-state index in [1.165, 1.54) is 6.21 Å². The molecule has 1 heterocycles. The van der Waals surface area contributed by atoms with Gasteiger partial charge >= 0.3 is 0 Å². The first-order chi connectivity index (χ1) is 9.99. The fourth-order valence-electron chi connectivity index (χ4n) is 2.32. The molecule has 0 aliphatic carbocycles. The molecule has 1 amide bonds. The van der Waals surface area contributed by atoms with Gasteiger partial charge in [0.05, 0.1) is 8.95 Å². The molecule has 0 spiro atoms. The first kappa shape index (κ1) is 16.0. The number of phenols is 1. The minimum Gasteiger partial charge on any atom is -0.506 e. The first-order valence-corrected chi connectivity index (χ1v) is 7.99. The Labute approximate surface area is 139 Å². The highest BCUT2D eigenvalue weighted by atomic mass is 79.9. The minimum absolute atomic E-state index is 0.0646. The number of nitrogens with zero attached hydrogens (tertiary/aromatic N) is 1. The smallest absolute Gasteiger partial charge is 0.259 e. The molecular weight excluding hydrogens is 402 g/mol. The van der Waals surface area contributed by atoms with Gasteiger partial charge in [0.1, 0.15) is 11.6 Å². The van der Waals surface area contributed by atoms with Crippen molar-refractivity contribution in [3.05, 3.63) is 38.0 Å². The molecule has 3 N–H and O–H groups in total. The zero-order chi connectivity index (χ0) is 15.6. The monoisotopic (exact) mass is 415 g/mol. The quantitative estimate of drug-likeness (QED) is 0.662. The van der Waals surface area contributed by atoms with Gasteiger partial charge in [-0.05, 0) is 56.8 Å². The molecule has 0 atom stereocenters. The van der Waals surface area contributed by atoms with Gasteiger partial charge in [-0.1, -0.05) is 0 Å². The Morgan fingerprint density at radius 1 is 1.43 bits per heavy atom. The summed E-state index contributed by atoms with van der Waals surface area (Å²) in [5.41, 5.74) is 1.28. The van der Waals surface area contributed by atoms with Gasteiger partial charge in [0.2, 0.25) is 0 Å². The Kier molecular flexibility index (Phi) is 5.05. The molecule has 7 heteroatoms. The maximum absolute atomic E-state index is 12.7. The predicted molar refractivity (Wildman–Crippen MR) is 88.6 cm³/mol. The van der Waals surface area contributed by atoms with E-state index < -0.39 is 0 Å². The van der Waals surface area contributed by atoms with Crippen molar-refractivity contribution in [2.75, 3.05) is 13.6 Å². The summed E-state index contributed by atoms with van der Waals surface area (Å²) in [6.45, 7) is 0.600. The molecule has 0 aromatic heterocycles. The van der Waals surface area contributed by atoms with Crippen LogP contribution in [0.4, 0.5) is 0 Å². The van der Waals surface area contributed by atoms with Gasteiger partial charge in [-0.2, -0.15) is 0 Å². The van der Waals surface area contributed by atoms with Crippen LogP contribution in [0.25, 0.3) is 0 Å². The molecule has 1 aliphatic rings. The Bertz CT molecular complexity index is 606. The zero-order valence-corrected chi connectivity index (χ0v) is 14.6. The molecule has 21 heavy (non-hydrogen) atoms. The van der Waals surface area contributed by atoms with Crippen LogP contribution >= 0.6 is 31.9 Å². The summed E-state index contributed by atoms with van der Waals surface area (Å²) in [5.74, 6) is 0.566. The number of halogens is 2. The maximum Gasteiger partial charge on any atom is 0.259 e. The Morgan fingerprint density at radius 3 is 2.57 bits per heavy atom. The van der Waals surface area contributed by atoms with Gasteiger partial charge in [0, 0.05) is 30.9 Å². The lowest BCUT2D eigenvalue weighted by molar-refractivity contribution is 0.0786. The molecule has 1 aliphatic heterocycles. The van der Waals surface area contributed by atoms with E-state index in [1.54, 1.807) is 24.1 Å². The van der Waals surface area contributed by atoms with E-state index in [2.05, 4.69) is 37.2 Å². The van der Waals surface area contributed by atoms with Crippen LogP contribution in [-0.4, -0.2) is 35.7 Å². The second-order valence-corrected chi connectivity index (χ2v) is 6.33. The number of allylic oxidation sites excluding steroid dienone is 1. The van der Waals surface area contributed by atoms with Gasteiger partial charge < -0.3 is 15.8 Å². The third kappa shape index (κ3) is 3.13. The Hall–Kier alpha value is -1.34. The fourth-order valence-corrected chi connectivity index (χ4v) is 3.50. The third-order valence-corrected chi connectivity index (χ3v) is 4.53. The third-order valence-electron chi connectivity index (χ3n) is 3.32. The number of amides is 1. The van der Waals surface area contributed by atoms with Crippen LogP contribution in [0.15, 0.2) is 32.5 Å². The summed E-state index contributed by atoms with van der Waals surface area (Å²) in [6, 6.07) is 3.18. The van der Waals surface area contributed by atoms with Crippen LogP contribution in [0.2, 0.25) is 0 Å². The highest BCUT2D eigenvalue weighted by Gasteiger charge is 2.25. The van der Waals surface area contributed by atoms with Gasteiger partial charge in [-0.15, -0.1) is 0 Å². The summed E-state index contributed by atoms with van der Waals surface area (Å²) in [7, 11) is 1.74. The molecule has 1 aromatic rings. The van der Waals surface area contributed by atoms with E-state index in [1.807, 2.05) is 0 Å². The van der Waals surface area contributed by atoms with Crippen molar-refractivity contribution < 1.29 is 9.90 Å². The van der Waals surface area contributed by atoms with E-state index in [9.17, 15) is 9.90 Å². The lowest BCUT2D eigenvalue weighted by Crippen LogP contribution is -2.40. The van der Waals surface area contributed by atoms with Crippen LogP contribution in [0.3, 0.4) is 0 Å². The number of carbonyl (C=O) groups excluding carboxylic acids is 1. The number of benzene rings is 1. The summed E-state index contributed by atoms with van der Waals surface area (Å²) < 4.78 is 0.916. The summed E-state index contributed by atoms with van der Waals surface area (Å²) in [5, 5.41) is 20.2. The minimum atomic E-state index is -0.167. The summed E-state index contributed by atoms with van der Waals surface area (Å²) >= 11 is 6.46. The predicted octanol–water partition coefficient (Wildman–Crippen LogP) is 3.23. The molecular formula is C14H15Br2N3O2. The summed E-state index contributed by atoms with van der Waals surface area (Å²) in [4.78, 5) is 14.3. The Morgan fingerprint density at radius 2 is 2.05 bits per heavy atom. The van der Waals surface area contributed by atoms with Gasteiger partial charge in [0.15, 0.2) is 0 Å². The number of hydrogen-bond acceptors (Lipinski definition) is 4.